The van der Waals surface area contributed by atoms with Crippen LogP contribution in [-0.2, 0) is 19.1 Å². The molecule has 0 spiro atoms. The lowest BCUT2D eigenvalue weighted by atomic mass is 10.0. The number of halogens is 3. The van der Waals surface area contributed by atoms with Gasteiger partial charge in [0.25, 0.3) is 5.91 Å². The highest BCUT2D eigenvalue weighted by atomic mass is 19.4. The summed E-state index contributed by atoms with van der Waals surface area (Å²) in [5.41, 5.74) is 1.44. The molecule has 1 heterocycles. The molecule has 0 radical (unpaired) electrons. The second kappa shape index (κ2) is 7.88. The Morgan fingerprint density at radius 1 is 1.14 bits per heavy atom. The fourth-order valence-electron chi connectivity index (χ4n) is 2.95. The molecule has 0 aliphatic carbocycles. The van der Waals surface area contributed by atoms with Gasteiger partial charge < -0.3 is 5.32 Å². The van der Waals surface area contributed by atoms with Crippen LogP contribution in [0.1, 0.15) is 39.5 Å². The Bertz CT molecular complexity index is 993. The fourth-order valence-corrected chi connectivity index (χ4v) is 2.95. The molecule has 3 aromatic rings. The van der Waals surface area contributed by atoms with Gasteiger partial charge in [0.2, 0.25) is 0 Å². The van der Waals surface area contributed by atoms with Gasteiger partial charge in [-0.3, -0.25) is 9.48 Å². The lowest BCUT2D eigenvalue weighted by molar-refractivity contribution is -0.138. The van der Waals surface area contributed by atoms with Crippen LogP contribution >= 0.6 is 0 Å². The van der Waals surface area contributed by atoms with Gasteiger partial charge in [0.1, 0.15) is 0 Å². The number of carbonyl (C=O) groups excluding carboxylic acids is 1. The van der Waals surface area contributed by atoms with Crippen molar-refractivity contribution in [2.45, 2.75) is 33.0 Å². The molecule has 0 unspecified atom stereocenters. The van der Waals surface area contributed by atoms with Crippen LogP contribution in [0.2, 0.25) is 0 Å². The lowest BCUT2D eigenvalue weighted by Gasteiger charge is -2.14. The number of anilines is 1. The molecule has 7 heteroatoms. The SMILES string of the molecule is CCc1ccc(Cn2ccc(NC(=O)c3ccccc3C)n2)c(C(F)(F)F)c1. The summed E-state index contributed by atoms with van der Waals surface area (Å²) < 4.78 is 41.5. The van der Waals surface area contributed by atoms with Crippen LogP contribution in [-0.4, -0.2) is 15.7 Å². The van der Waals surface area contributed by atoms with Crippen LogP contribution in [0.3, 0.4) is 0 Å². The first-order chi connectivity index (χ1) is 13.3. The van der Waals surface area contributed by atoms with Crippen molar-refractivity contribution in [1.82, 2.24) is 9.78 Å². The van der Waals surface area contributed by atoms with Crippen LogP contribution in [0.4, 0.5) is 19.0 Å². The van der Waals surface area contributed by atoms with Crippen LogP contribution < -0.4 is 5.32 Å². The Labute approximate surface area is 161 Å². The third kappa shape index (κ3) is 4.42. The van der Waals surface area contributed by atoms with Crippen LogP contribution in [0.25, 0.3) is 0 Å². The van der Waals surface area contributed by atoms with Crippen LogP contribution in [0.5, 0.6) is 0 Å². The number of amides is 1. The van der Waals surface area contributed by atoms with E-state index < -0.39 is 11.7 Å². The predicted octanol–water partition coefficient (Wildman–Crippen LogP) is 5.07. The van der Waals surface area contributed by atoms with E-state index in [1.165, 1.54) is 16.8 Å². The Hall–Kier alpha value is -3.09. The van der Waals surface area contributed by atoms with Gasteiger partial charge in [-0.2, -0.15) is 18.3 Å². The van der Waals surface area contributed by atoms with Gasteiger partial charge in [-0.05, 0) is 42.2 Å². The smallest absolute Gasteiger partial charge is 0.305 e. The summed E-state index contributed by atoms with van der Waals surface area (Å²) in [4.78, 5) is 12.3. The molecule has 1 amide bonds. The molecule has 0 atom stereocenters. The molecule has 0 fully saturated rings. The summed E-state index contributed by atoms with van der Waals surface area (Å²) in [5.74, 6) is -0.0291. The maximum absolute atomic E-state index is 13.4. The Kier molecular flexibility index (Phi) is 5.53. The Morgan fingerprint density at radius 2 is 1.89 bits per heavy atom. The molecule has 0 saturated carbocycles. The number of aromatic nitrogens is 2. The highest BCUT2D eigenvalue weighted by molar-refractivity contribution is 6.04. The highest BCUT2D eigenvalue weighted by Gasteiger charge is 2.33. The minimum absolute atomic E-state index is 0.0426. The molecule has 3 rings (SSSR count). The number of benzene rings is 2. The molecule has 146 valence electrons. The molecular formula is C21H20F3N3O. The topological polar surface area (TPSA) is 46.9 Å². The molecule has 0 aliphatic rings. The van der Waals surface area contributed by atoms with Crippen molar-refractivity contribution in [3.8, 4) is 0 Å². The molecule has 0 aliphatic heterocycles. The number of carbonyl (C=O) groups is 1. The zero-order valence-electron chi connectivity index (χ0n) is 15.5. The van der Waals surface area contributed by atoms with E-state index in [1.54, 1.807) is 30.5 Å². The van der Waals surface area contributed by atoms with Gasteiger partial charge in [0, 0.05) is 17.8 Å². The van der Waals surface area contributed by atoms with Gasteiger partial charge in [-0.1, -0.05) is 37.3 Å². The number of hydrogen-bond donors (Lipinski definition) is 1. The van der Waals surface area contributed by atoms with E-state index in [0.29, 0.717) is 17.5 Å². The number of hydrogen-bond acceptors (Lipinski definition) is 2. The largest absolute Gasteiger partial charge is 0.416 e. The monoisotopic (exact) mass is 387 g/mol. The summed E-state index contributed by atoms with van der Waals surface area (Å²) in [6.45, 7) is 3.59. The molecule has 4 nitrogen and oxygen atoms in total. The average molecular weight is 387 g/mol. The molecule has 1 N–H and O–H groups in total. The summed E-state index contributed by atoms with van der Waals surface area (Å²) in [6, 6.07) is 13.0. The first kappa shape index (κ1) is 19.7. The molecule has 1 aromatic heterocycles. The Balaban J connectivity index is 1.78. The van der Waals surface area contributed by atoms with Crippen molar-refractivity contribution in [2.75, 3.05) is 5.32 Å². The molecular weight excluding hydrogens is 367 g/mol. The number of nitrogens with zero attached hydrogens (tertiary/aromatic N) is 2. The maximum Gasteiger partial charge on any atom is 0.416 e. The van der Waals surface area contributed by atoms with Gasteiger partial charge in [-0.15, -0.1) is 0 Å². The summed E-state index contributed by atoms with van der Waals surface area (Å²) in [5, 5.41) is 6.86. The number of rotatable bonds is 5. The predicted molar refractivity (Wildman–Crippen MR) is 101 cm³/mol. The summed E-state index contributed by atoms with van der Waals surface area (Å²) in [6.07, 6.45) is -2.36. The summed E-state index contributed by atoms with van der Waals surface area (Å²) in [7, 11) is 0. The van der Waals surface area contributed by atoms with Gasteiger partial charge in [0.15, 0.2) is 5.82 Å². The summed E-state index contributed by atoms with van der Waals surface area (Å²) >= 11 is 0. The zero-order chi connectivity index (χ0) is 20.3. The Morgan fingerprint density at radius 3 is 2.57 bits per heavy atom. The van der Waals surface area contributed by atoms with E-state index in [1.807, 2.05) is 26.0 Å². The zero-order valence-corrected chi connectivity index (χ0v) is 15.5. The molecule has 28 heavy (non-hydrogen) atoms. The van der Waals surface area contributed by atoms with Crippen LogP contribution in [0, 0.1) is 6.92 Å². The van der Waals surface area contributed by atoms with Crippen molar-refractivity contribution in [1.29, 1.82) is 0 Å². The second-order valence-electron chi connectivity index (χ2n) is 6.51. The molecule has 0 saturated heterocycles. The highest BCUT2D eigenvalue weighted by Crippen LogP contribution is 2.33. The first-order valence-corrected chi connectivity index (χ1v) is 8.87. The van der Waals surface area contributed by atoms with E-state index in [0.717, 1.165) is 5.56 Å². The average Bonchev–Trinajstić information content (AvgIpc) is 3.08. The first-order valence-electron chi connectivity index (χ1n) is 8.87. The number of alkyl halides is 3. The lowest BCUT2D eigenvalue weighted by Crippen LogP contribution is -2.15. The van der Waals surface area contributed by atoms with Gasteiger partial charge >= 0.3 is 6.18 Å². The van der Waals surface area contributed by atoms with Gasteiger partial charge in [-0.25, -0.2) is 0 Å². The van der Waals surface area contributed by atoms with Gasteiger partial charge in [0.05, 0.1) is 12.1 Å². The van der Waals surface area contributed by atoms with E-state index >= 15 is 0 Å². The quantitative estimate of drug-likeness (QED) is 0.664. The van der Waals surface area contributed by atoms with Crippen LogP contribution in [0.15, 0.2) is 54.7 Å². The molecule has 0 bridgehead atoms. The number of aryl methyl sites for hydroxylation is 2. The third-order valence-electron chi connectivity index (χ3n) is 4.49. The molecule has 2 aromatic carbocycles. The minimum atomic E-state index is -4.43. The van der Waals surface area contributed by atoms with Crippen molar-refractivity contribution in [3.63, 3.8) is 0 Å². The maximum atomic E-state index is 13.4. The van der Waals surface area contributed by atoms with E-state index in [4.69, 9.17) is 0 Å². The van der Waals surface area contributed by atoms with Crippen molar-refractivity contribution in [3.05, 3.63) is 82.5 Å². The third-order valence-corrected chi connectivity index (χ3v) is 4.49. The number of nitrogens with one attached hydrogen (secondary N) is 1. The standard InChI is InChI=1S/C21H20F3N3O/c1-3-15-8-9-16(18(12-15)21(22,23)24)13-27-11-10-19(26-27)25-20(28)17-7-5-4-6-14(17)2/h4-12H,3,13H2,1-2H3,(H,25,26,28). The van der Waals surface area contributed by atoms with E-state index in [9.17, 15) is 18.0 Å². The van der Waals surface area contributed by atoms with Crippen molar-refractivity contribution >= 4 is 11.7 Å². The second-order valence-corrected chi connectivity index (χ2v) is 6.51. The van der Waals surface area contributed by atoms with Crippen molar-refractivity contribution < 1.29 is 18.0 Å². The minimum Gasteiger partial charge on any atom is -0.305 e. The normalized spacial score (nSPS) is 11.5. The van der Waals surface area contributed by atoms with E-state index in [-0.39, 0.29) is 23.8 Å². The fraction of sp³-hybridized carbons (Fsp3) is 0.238. The van der Waals surface area contributed by atoms with E-state index in [2.05, 4.69) is 10.4 Å². The van der Waals surface area contributed by atoms with Crippen molar-refractivity contribution in [2.24, 2.45) is 0 Å².